The van der Waals surface area contributed by atoms with Gasteiger partial charge in [0.05, 0.1) is 16.7 Å². The van der Waals surface area contributed by atoms with E-state index in [0.29, 0.717) is 0 Å². The SMILES string of the molecule is c1ccc(-c2cccc3c2sc2c(-c4ccc5c(c4)c4cc(-c6cccc7c6sc6c(-c8ccccc8)cccc67)ccc4n5-c4ccc5ccc6cccc7ccc4c5c67)cccc23)cc1. The summed E-state index contributed by atoms with van der Waals surface area (Å²) in [5, 5.41) is 15.5. The third-order valence-corrected chi connectivity index (χ3v) is 16.9. The van der Waals surface area contributed by atoms with E-state index in [1.54, 1.807) is 0 Å². The molecule has 310 valence electrons. The molecule has 0 N–H and O–H groups in total. The molecule has 0 saturated heterocycles. The highest BCUT2D eigenvalue weighted by atomic mass is 32.1. The van der Waals surface area contributed by atoms with E-state index < -0.39 is 0 Å². The topological polar surface area (TPSA) is 4.93 Å². The summed E-state index contributed by atoms with van der Waals surface area (Å²) in [6, 6.07) is 83.8. The van der Waals surface area contributed by atoms with Gasteiger partial charge in [-0.15, -0.1) is 22.7 Å². The number of fused-ring (bicyclic) bond motifs is 9. The Balaban J connectivity index is 0.990. The van der Waals surface area contributed by atoms with E-state index in [0.717, 1.165) is 0 Å². The summed E-state index contributed by atoms with van der Waals surface area (Å²) < 4.78 is 7.84. The second-order valence-electron chi connectivity index (χ2n) is 17.9. The zero-order valence-corrected chi connectivity index (χ0v) is 37.8. The van der Waals surface area contributed by atoms with Crippen LogP contribution in [0.2, 0.25) is 0 Å². The third kappa shape index (κ3) is 5.41. The van der Waals surface area contributed by atoms with Crippen LogP contribution in [-0.2, 0) is 0 Å². The molecule has 0 unspecified atom stereocenters. The van der Waals surface area contributed by atoms with Crippen LogP contribution in [0.25, 0.3) is 145 Å². The lowest BCUT2D eigenvalue weighted by atomic mass is 9.93. The number of thiophene rings is 2. The predicted molar refractivity (Wildman–Crippen MR) is 292 cm³/mol. The Morgan fingerprint density at radius 3 is 1.13 bits per heavy atom. The Labute approximate surface area is 394 Å². The molecular formula is C64H37NS2. The van der Waals surface area contributed by atoms with E-state index in [-0.39, 0.29) is 0 Å². The van der Waals surface area contributed by atoms with Gasteiger partial charge in [-0.25, -0.2) is 0 Å². The first-order chi connectivity index (χ1) is 33.2. The average molecular weight is 884 g/mol. The maximum Gasteiger partial charge on any atom is 0.0541 e. The molecule has 1 nitrogen and oxygen atoms in total. The fourth-order valence-corrected chi connectivity index (χ4v) is 14.1. The first-order valence-corrected chi connectivity index (χ1v) is 24.6. The molecule has 12 aromatic carbocycles. The summed E-state index contributed by atoms with van der Waals surface area (Å²) in [7, 11) is 0. The van der Waals surface area contributed by atoms with Crippen LogP contribution in [0.5, 0.6) is 0 Å². The molecule has 3 aromatic heterocycles. The molecule has 0 aliphatic carbocycles. The maximum atomic E-state index is 2.53. The van der Waals surface area contributed by atoms with Crippen molar-refractivity contribution in [1.29, 1.82) is 0 Å². The molecule has 0 saturated carbocycles. The standard InChI is InChI=1S/C64H37NS2/c1-3-12-38(13-4-1)45-18-8-22-49-51-24-10-20-47(63(51)66-61(45)49)43-30-34-57-54(36-43)55-37-44(48-21-11-25-52-50-23-9-19-46(62(50)67-64(48)52)39-14-5-2-6-15-39)31-35-58(55)65(57)56-33-29-42-27-26-40-16-7-17-41-28-32-53(56)60(42)59(40)41/h1-37H. The first-order valence-electron chi connectivity index (χ1n) is 23.0. The number of benzene rings is 12. The summed E-state index contributed by atoms with van der Waals surface area (Å²) in [6.07, 6.45) is 0. The number of rotatable bonds is 5. The summed E-state index contributed by atoms with van der Waals surface area (Å²) in [4.78, 5) is 0. The Morgan fingerprint density at radius 2 is 0.657 bits per heavy atom. The molecule has 3 heterocycles. The van der Waals surface area contributed by atoms with Gasteiger partial charge in [0, 0.05) is 56.5 Å². The smallest absolute Gasteiger partial charge is 0.0541 e. The van der Waals surface area contributed by atoms with E-state index in [2.05, 4.69) is 229 Å². The zero-order valence-electron chi connectivity index (χ0n) is 36.1. The molecule has 0 bridgehead atoms. The summed E-state index contributed by atoms with van der Waals surface area (Å²) in [6.45, 7) is 0. The largest absolute Gasteiger partial charge is 0.309 e. The van der Waals surface area contributed by atoms with Crippen molar-refractivity contribution in [3.63, 3.8) is 0 Å². The van der Waals surface area contributed by atoms with Crippen molar-refractivity contribution < 1.29 is 0 Å². The molecule has 0 fully saturated rings. The minimum absolute atomic E-state index is 1.20. The lowest BCUT2D eigenvalue weighted by molar-refractivity contribution is 1.20. The van der Waals surface area contributed by atoms with E-state index in [1.807, 2.05) is 22.7 Å². The van der Waals surface area contributed by atoms with Gasteiger partial charge in [-0.1, -0.05) is 194 Å². The molecule has 3 heteroatoms. The Morgan fingerprint density at radius 1 is 0.254 bits per heavy atom. The zero-order chi connectivity index (χ0) is 43.7. The molecule has 0 radical (unpaired) electrons. The minimum atomic E-state index is 1.20. The van der Waals surface area contributed by atoms with Gasteiger partial charge in [0.2, 0.25) is 0 Å². The molecule has 0 atom stereocenters. The molecule has 67 heavy (non-hydrogen) atoms. The number of hydrogen-bond donors (Lipinski definition) is 0. The van der Waals surface area contributed by atoms with Crippen LogP contribution in [-0.4, -0.2) is 4.57 Å². The third-order valence-electron chi connectivity index (χ3n) is 14.4. The van der Waals surface area contributed by atoms with Gasteiger partial charge in [0.25, 0.3) is 0 Å². The van der Waals surface area contributed by atoms with Crippen LogP contribution in [0.15, 0.2) is 224 Å². The number of hydrogen-bond acceptors (Lipinski definition) is 2. The van der Waals surface area contributed by atoms with Crippen molar-refractivity contribution in [3.05, 3.63) is 224 Å². The van der Waals surface area contributed by atoms with Gasteiger partial charge >= 0.3 is 0 Å². The predicted octanol–water partition coefficient (Wildman–Crippen LogP) is 19.1. The van der Waals surface area contributed by atoms with Gasteiger partial charge < -0.3 is 4.57 Å². The maximum absolute atomic E-state index is 2.53. The second-order valence-corrected chi connectivity index (χ2v) is 19.9. The van der Waals surface area contributed by atoms with Crippen molar-refractivity contribution in [3.8, 4) is 50.2 Å². The van der Waals surface area contributed by atoms with Crippen LogP contribution in [0.1, 0.15) is 0 Å². The number of aromatic nitrogens is 1. The van der Waals surface area contributed by atoms with Gasteiger partial charge in [-0.05, 0) is 102 Å². The molecule has 15 rings (SSSR count). The van der Waals surface area contributed by atoms with E-state index in [1.165, 1.54) is 145 Å². The highest BCUT2D eigenvalue weighted by molar-refractivity contribution is 7.27. The minimum Gasteiger partial charge on any atom is -0.309 e. The van der Waals surface area contributed by atoms with Crippen molar-refractivity contribution in [2.45, 2.75) is 0 Å². The van der Waals surface area contributed by atoms with Gasteiger partial charge in [0.1, 0.15) is 0 Å². The molecule has 0 aliphatic rings. The van der Waals surface area contributed by atoms with Crippen LogP contribution in [0.3, 0.4) is 0 Å². The lowest BCUT2D eigenvalue weighted by Gasteiger charge is -2.16. The van der Waals surface area contributed by atoms with Crippen molar-refractivity contribution >= 4 is 117 Å². The monoisotopic (exact) mass is 883 g/mol. The fourth-order valence-electron chi connectivity index (χ4n) is 11.3. The average Bonchev–Trinajstić information content (AvgIpc) is 4.08. The van der Waals surface area contributed by atoms with Crippen LogP contribution in [0, 0.1) is 0 Å². The second kappa shape index (κ2) is 14.2. The first kappa shape index (κ1) is 37.2. The summed E-state index contributed by atoms with van der Waals surface area (Å²) in [5.74, 6) is 0. The molecule has 0 aliphatic heterocycles. The normalized spacial score (nSPS) is 12.2. The van der Waals surface area contributed by atoms with Gasteiger partial charge in [-0.3, -0.25) is 0 Å². The highest BCUT2D eigenvalue weighted by Gasteiger charge is 2.21. The van der Waals surface area contributed by atoms with Crippen molar-refractivity contribution in [2.75, 3.05) is 0 Å². The molecule has 0 spiro atoms. The van der Waals surface area contributed by atoms with Crippen LogP contribution in [0.4, 0.5) is 0 Å². The van der Waals surface area contributed by atoms with Gasteiger partial charge in [-0.2, -0.15) is 0 Å². The van der Waals surface area contributed by atoms with Crippen molar-refractivity contribution in [2.24, 2.45) is 0 Å². The lowest BCUT2D eigenvalue weighted by Crippen LogP contribution is -1.96. The molecule has 0 amide bonds. The van der Waals surface area contributed by atoms with E-state index in [9.17, 15) is 0 Å². The van der Waals surface area contributed by atoms with E-state index in [4.69, 9.17) is 0 Å². The van der Waals surface area contributed by atoms with Crippen LogP contribution >= 0.6 is 22.7 Å². The Kier molecular flexibility index (Phi) is 7.88. The highest BCUT2D eigenvalue weighted by Crippen LogP contribution is 2.48. The molecular weight excluding hydrogens is 847 g/mol. The van der Waals surface area contributed by atoms with E-state index >= 15 is 0 Å². The van der Waals surface area contributed by atoms with Crippen LogP contribution < -0.4 is 0 Å². The van der Waals surface area contributed by atoms with Gasteiger partial charge in [0.15, 0.2) is 0 Å². The summed E-state index contributed by atoms with van der Waals surface area (Å²) >= 11 is 3.84. The summed E-state index contributed by atoms with van der Waals surface area (Å²) in [5.41, 5.74) is 13.7. The Bertz CT molecular complexity index is 4260. The quantitative estimate of drug-likeness (QED) is 0.152. The Hall–Kier alpha value is -8.08. The van der Waals surface area contributed by atoms with Crippen molar-refractivity contribution in [1.82, 2.24) is 4.57 Å². The number of nitrogens with zero attached hydrogens (tertiary/aromatic N) is 1. The molecule has 15 aromatic rings. The fraction of sp³-hybridized carbons (Fsp3) is 0.